The minimum Gasteiger partial charge on any atom is -0.464 e. The van der Waals surface area contributed by atoms with E-state index < -0.39 is 5.60 Å². The summed E-state index contributed by atoms with van der Waals surface area (Å²) in [5.74, 6) is -0.350. The van der Waals surface area contributed by atoms with Crippen molar-refractivity contribution in [2.45, 2.75) is 12.5 Å². The molecule has 7 heteroatoms. The van der Waals surface area contributed by atoms with Crippen LogP contribution in [0.25, 0.3) is 0 Å². The molecule has 2 heterocycles. The van der Waals surface area contributed by atoms with E-state index in [0.29, 0.717) is 19.7 Å². The Kier molecular flexibility index (Phi) is 3.80. The molecule has 0 radical (unpaired) electrons. The first-order valence-corrected chi connectivity index (χ1v) is 6.17. The van der Waals surface area contributed by atoms with Crippen LogP contribution in [0.5, 0.6) is 0 Å². The number of hydrogen-bond acceptors (Lipinski definition) is 5. The Labute approximate surface area is 107 Å². The van der Waals surface area contributed by atoms with E-state index in [9.17, 15) is 4.79 Å². The third kappa shape index (κ3) is 2.67. The van der Waals surface area contributed by atoms with Gasteiger partial charge in [0.2, 0.25) is 0 Å². The standard InChI is InChI=1S/C10H14BrN3O3/c1-2-16-9(15)4-17-10(5-12-6-10)7-3-8(11)14-13-7/h3,12H,2,4-6H2,1H3,(H,13,14). The summed E-state index contributed by atoms with van der Waals surface area (Å²) < 4.78 is 11.2. The van der Waals surface area contributed by atoms with Crippen LogP contribution in [-0.4, -0.2) is 42.5 Å². The number of carbonyl (C=O) groups excluding carboxylic acids is 1. The van der Waals surface area contributed by atoms with Crippen molar-refractivity contribution >= 4 is 21.9 Å². The van der Waals surface area contributed by atoms with Crippen LogP contribution in [-0.2, 0) is 19.9 Å². The van der Waals surface area contributed by atoms with E-state index in [1.54, 1.807) is 6.92 Å². The number of aromatic nitrogens is 2. The van der Waals surface area contributed by atoms with Crippen LogP contribution in [0.2, 0.25) is 0 Å². The second-order valence-electron chi connectivity index (χ2n) is 3.80. The number of nitrogens with one attached hydrogen (secondary N) is 2. The molecule has 0 bridgehead atoms. The molecule has 2 rings (SSSR count). The van der Waals surface area contributed by atoms with Crippen molar-refractivity contribution < 1.29 is 14.3 Å². The van der Waals surface area contributed by atoms with Crippen LogP contribution in [0.15, 0.2) is 10.7 Å². The van der Waals surface area contributed by atoms with Gasteiger partial charge in [-0.05, 0) is 28.9 Å². The SMILES string of the molecule is CCOC(=O)COC1(c2cc(Br)n[nH]2)CNC1. The lowest BCUT2D eigenvalue weighted by atomic mass is 9.93. The lowest BCUT2D eigenvalue weighted by Crippen LogP contribution is -2.59. The zero-order valence-corrected chi connectivity index (χ0v) is 11.0. The van der Waals surface area contributed by atoms with Gasteiger partial charge in [-0.15, -0.1) is 0 Å². The normalized spacial score (nSPS) is 17.5. The maximum Gasteiger partial charge on any atom is 0.332 e. The van der Waals surface area contributed by atoms with Gasteiger partial charge in [0.25, 0.3) is 0 Å². The van der Waals surface area contributed by atoms with E-state index in [2.05, 4.69) is 31.4 Å². The van der Waals surface area contributed by atoms with Crippen LogP contribution in [0.1, 0.15) is 12.6 Å². The van der Waals surface area contributed by atoms with Crippen molar-refractivity contribution in [1.29, 1.82) is 0 Å². The number of nitrogens with zero attached hydrogens (tertiary/aromatic N) is 1. The highest BCUT2D eigenvalue weighted by atomic mass is 79.9. The van der Waals surface area contributed by atoms with Crippen LogP contribution in [0.3, 0.4) is 0 Å². The summed E-state index contributed by atoms with van der Waals surface area (Å²) in [6, 6.07) is 1.85. The van der Waals surface area contributed by atoms with Crippen molar-refractivity contribution in [1.82, 2.24) is 15.5 Å². The number of aromatic amines is 1. The summed E-state index contributed by atoms with van der Waals surface area (Å²) in [4.78, 5) is 11.3. The molecule has 0 atom stereocenters. The van der Waals surface area contributed by atoms with Gasteiger partial charge in [0.15, 0.2) is 0 Å². The topological polar surface area (TPSA) is 76.2 Å². The van der Waals surface area contributed by atoms with E-state index >= 15 is 0 Å². The first-order valence-electron chi connectivity index (χ1n) is 5.38. The molecule has 0 aliphatic carbocycles. The summed E-state index contributed by atoms with van der Waals surface area (Å²) in [5.41, 5.74) is 0.360. The maximum absolute atomic E-state index is 11.3. The Balaban J connectivity index is 1.98. The van der Waals surface area contributed by atoms with Gasteiger partial charge in [0.1, 0.15) is 16.8 Å². The molecule has 1 aromatic heterocycles. The molecular formula is C10H14BrN3O3. The fraction of sp³-hybridized carbons (Fsp3) is 0.600. The van der Waals surface area contributed by atoms with E-state index in [0.717, 1.165) is 10.3 Å². The predicted molar refractivity (Wildman–Crippen MR) is 63.4 cm³/mol. The molecule has 1 aliphatic heterocycles. The molecule has 0 aromatic carbocycles. The molecule has 0 amide bonds. The molecular weight excluding hydrogens is 290 g/mol. The Morgan fingerprint density at radius 3 is 2.88 bits per heavy atom. The van der Waals surface area contributed by atoms with Gasteiger partial charge >= 0.3 is 5.97 Å². The maximum atomic E-state index is 11.3. The van der Waals surface area contributed by atoms with Crippen LogP contribution < -0.4 is 5.32 Å². The minimum absolute atomic E-state index is 0.0494. The Bertz CT molecular complexity index is 403. The monoisotopic (exact) mass is 303 g/mol. The van der Waals surface area contributed by atoms with Crippen molar-refractivity contribution in [2.75, 3.05) is 26.3 Å². The van der Waals surface area contributed by atoms with Crippen LogP contribution in [0, 0.1) is 0 Å². The third-order valence-electron chi connectivity index (χ3n) is 2.63. The Morgan fingerprint density at radius 2 is 2.41 bits per heavy atom. The summed E-state index contributed by atoms with van der Waals surface area (Å²) in [5, 5.41) is 10.0. The zero-order chi connectivity index (χ0) is 12.3. The molecule has 0 unspecified atom stereocenters. The molecule has 17 heavy (non-hydrogen) atoms. The second-order valence-corrected chi connectivity index (χ2v) is 4.61. The quantitative estimate of drug-likeness (QED) is 0.777. The molecule has 1 fully saturated rings. The van der Waals surface area contributed by atoms with Crippen molar-refractivity contribution in [3.8, 4) is 0 Å². The fourth-order valence-electron chi connectivity index (χ4n) is 1.65. The van der Waals surface area contributed by atoms with E-state index in [1.807, 2.05) is 6.07 Å². The molecule has 2 N–H and O–H groups in total. The zero-order valence-electron chi connectivity index (χ0n) is 9.46. The molecule has 1 aromatic rings. The minimum atomic E-state index is -0.494. The average Bonchev–Trinajstić information content (AvgIpc) is 2.64. The van der Waals surface area contributed by atoms with Crippen molar-refractivity contribution in [3.63, 3.8) is 0 Å². The summed E-state index contributed by atoms with van der Waals surface area (Å²) in [6.07, 6.45) is 0. The number of hydrogen-bond donors (Lipinski definition) is 2. The third-order valence-corrected chi connectivity index (χ3v) is 3.04. The van der Waals surface area contributed by atoms with Gasteiger partial charge in [-0.1, -0.05) is 0 Å². The molecule has 1 saturated heterocycles. The van der Waals surface area contributed by atoms with Gasteiger partial charge in [-0.2, -0.15) is 5.10 Å². The van der Waals surface area contributed by atoms with Crippen molar-refractivity contribution in [2.24, 2.45) is 0 Å². The number of carbonyl (C=O) groups is 1. The van der Waals surface area contributed by atoms with Gasteiger partial charge in [0, 0.05) is 13.1 Å². The van der Waals surface area contributed by atoms with Gasteiger partial charge < -0.3 is 14.8 Å². The molecule has 0 saturated carbocycles. The Morgan fingerprint density at radius 1 is 1.65 bits per heavy atom. The average molecular weight is 304 g/mol. The number of ether oxygens (including phenoxy) is 2. The van der Waals surface area contributed by atoms with E-state index in [1.165, 1.54) is 0 Å². The summed E-state index contributed by atoms with van der Waals surface area (Å²) >= 11 is 3.27. The van der Waals surface area contributed by atoms with Gasteiger partial charge in [-0.25, -0.2) is 4.79 Å². The molecule has 1 aliphatic rings. The van der Waals surface area contributed by atoms with Crippen molar-refractivity contribution in [3.05, 3.63) is 16.4 Å². The summed E-state index contributed by atoms with van der Waals surface area (Å²) in [7, 11) is 0. The predicted octanol–water partition coefficient (Wildman–Crippen LogP) is 0.550. The van der Waals surface area contributed by atoms with Gasteiger partial charge in [0.05, 0.1) is 12.3 Å². The number of H-pyrrole nitrogens is 1. The second kappa shape index (κ2) is 5.16. The van der Waals surface area contributed by atoms with Crippen LogP contribution >= 0.6 is 15.9 Å². The number of esters is 1. The van der Waals surface area contributed by atoms with Gasteiger partial charge in [-0.3, -0.25) is 5.10 Å². The number of rotatable bonds is 5. The van der Waals surface area contributed by atoms with Crippen LogP contribution in [0.4, 0.5) is 0 Å². The smallest absolute Gasteiger partial charge is 0.332 e. The number of halogens is 1. The largest absolute Gasteiger partial charge is 0.464 e. The highest BCUT2D eigenvalue weighted by Gasteiger charge is 2.42. The highest BCUT2D eigenvalue weighted by Crippen LogP contribution is 2.29. The lowest BCUT2D eigenvalue weighted by molar-refractivity contribution is -0.161. The first kappa shape index (κ1) is 12.5. The molecule has 94 valence electrons. The van der Waals surface area contributed by atoms with E-state index in [-0.39, 0.29) is 12.6 Å². The Hall–Kier alpha value is -0.920. The molecule has 6 nitrogen and oxygen atoms in total. The summed E-state index contributed by atoms with van der Waals surface area (Å²) in [6.45, 7) is 3.39. The fourth-order valence-corrected chi connectivity index (χ4v) is 1.97. The molecule has 0 spiro atoms. The first-order chi connectivity index (χ1) is 8.16. The lowest BCUT2D eigenvalue weighted by Gasteiger charge is -2.40. The highest BCUT2D eigenvalue weighted by molar-refractivity contribution is 9.10. The van der Waals surface area contributed by atoms with E-state index in [4.69, 9.17) is 9.47 Å².